The van der Waals surface area contributed by atoms with Crippen LogP contribution in [0.2, 0.25) is 10.0 Å². The van der Waals surface area contributed by atoms with Gasteiger partial charge in [0.1, 0.15) is 6.04 Å². The number of benzene rings is 2. The van der Waals surface area contributed by atoms with Crippen LogP contribution in [0.3, 0.4) is 0 Å². The van der Waals surface area contributed by atoms with E-state index < -0.39 is 6.04 Å². The van der Waals surface area contributed by atoms with Gasteiger partial charge in [-0.15, -0.1) is 11.8 Å². The quantitative estimate of drug-likeness (QED) is 0.498. The van der Waals surface area contributed by atoms with E-state index in [0.717, 1.165) is 23.3 Å². The summed E-state index contributed by atoms with van der Waals surface area (Å²) in [7, 11) is 0. The van der Waals surface area contributed by atoms with Gasteiger partial charge in [0.25, 0.3) is 0 Å². The Morgan fingerprint density at radius 2 is 1.73 bits per heavy atom. The molecule has 0 aliphatic rings. The number of hydrogen-bond acceptors (Lipinski definition) is 3. The van der Waals surface area contributed by atoms with Crippen LogP contribution in [0.4, 0.5) is 0 Å². The van der Waals surface area contributed by atoms with Gasteiger partial charge >= 0.3 is 0 Å². The molecule has 2 atom stereocenters. The maximum Gasteiger partial charge on any atom is 0.242 e. The van der Waals surface area contributed by atoms with Crippen LogP contribution in [0.5, 0.6) is 0 Å². The molecule has 0 aromatic heterocycles. The Balaban J connectivity index is 2.10. The van der Waals surface area contributed by atoms with Crippen molar-refractivity contribution in [3.05, 3.63) is 69.7 Å². The standard InChI is InChI=1S/C23H28Cl2N2O2S/c1-4-16(2)26-23(29)17(3)27(13-19-10-11-20(24)21(25)12-19)22(28)15-30-14-18-8-6-5-7-9-18/h5-12,16-17H,4,13-15H2,1-3H3,(H,26,29)/t16-,17-/m1/s1. The summed E-state index contributed by atoms with van der Waals surface area (Å²) in [5.74, 6) is 0.775. The van der Waals surface area contributed by atoms with Gasteiger partial charge in [-0.3, -0.25) is 9.59 Å². The van der Waals surface area contributed by atoms with E-state index in [9.17, 15) is 9.59 Å². The van der Waals surface area contributed by atoms with Crippen molar-refractivity contribution in [2.24, 2.45) is 0 Å². The fourth-order valence-corrected chi connectivity index (χ4v) is 3.99. The summed E-state index contributed by atoms with van der Waals surface area (Å²) < 4.78 is 0. The van der Waals surface area contributed by atoms with E-state index >= 15 is 0 Å². The molecule has 162 valence electrons. The summed E-state index contributed by atoms with van der Waals surface area (Å²) in [6.07, 6.45) is 0.826. The molecule has 0 aliphatic heterocycles. The number of halogens is 2. The molecule has 2 aromatic rings. The zero-order chi connectivity index (χ0) is 22.1. The van der Waals surface area contributed by atoms with Crippen molar-refractivity contribution in [3.8, 4) is 0 Å². The van der Waals surface area contributed by atoms with E-state index in [1.165, 1.54) is 11.8 Å². The van der Waals surface area contributed by atoms with Crippen LogP contribution in [-0.4, -0.2) is 34.6 Å². The highest BCUT2D eigenvalue weighted by Crippen LogP contribution is 2.24. The van der Waals surface area contributed by atoms with Crippen molar-refractivity contribution in [2.75, 3.05) is 5.75 Å². The van der Waals surface area contributed by atoms with Gasteiger partial charge in [-0.2, -0.15) is 0 Å². The van der Waals surface area contributed by atoms with E-state index in [0.29, 0.717) is 10.0 Å². The minimum absolute atomic E-state index is 0.0503. The second-order valence-corrected chi connectivity index (χ2v) is 9.04. The van der Waals surface area contributed by atoms with Crippen molar-refractivity contribution in [2.45, 2.75) is 51.6 Å². The minimum atomic E-state index is -0.599. The number of thioether (sulfide) groups is 1. The molecule has 0 aliphatic carbocycles. The van der Waals surface area contributed by atoms with Gasteiger partial charge in [-0.05, 0) is 43.5 Å². The molecule has 2 aromatic carbocycles. The van der Waals surface area contributed by atoms with Crippen LogP contribution in [0.25, 0.3) is 0 Å². The Morgan fingerprint density at radius 1 is 1.03 bits per heavy atom. The van der Waals surface area contributed by atoms with E-state index in [1.54, 1.807) is 24.0 Å². The van der Waals surface area contributed by atoms with Crippen LogP contribution in [0.1, 0.15) is 38.3 Å². The van der Waals surface area contributed by atoms with Crippen molar-refractivity contribution < 1.29 is 9.59 Å². The predicted octanol–water partition coefficient (Wildman–Crippen LogP) is 5.56. The Bertz CT molecular complexity index is 848. The van der Waals surface area contributed by atoms with E-state index in [-0.39, 0.29) is 30.2 Å². The first-order valence-corrected chi connectivity index (χ1v) is 11.9. The molecule has 0 radical (unpaired) electrons. The maximum atomic E-state index is 13.1. The highest BCUT2D eigenvalue weighted by Gasteiger charge is 2.26. The maximum absolute atomic E-state index is 13.1. The van der Waals surface area contributed by atoms with Crippen molar-refractivity contribution in [3.63, 3.8) is 0 Å². The second-order valence-electron chi connectivity index (χ2n) is 7.24. The number of hydrogen-bond donors (Lipinski definition) is 1. The topological polar surface area (TPSA) is 49.4 Å². The predicted molar refractivity (Wildman–Crippen MR) is 127 cm³/mol. The molecule has 0 bridgehead atoms. The fraction of sp³-hybridized carbons (Fsp3) is 0.391. The SMILES string of the molecule is CC[C@@H](C)NC(=O)[C@@H](C)N(Cc1ccc(Cl)c(Cl)c1)C(=O)CSCc1ccccc1. The van der Waals surface area contributed by atoms with Gasteiger partial charge < -0.3 is 10.2 Å². The van der Waals surface area contributed by atoms with Crippen molar-refractivity contribution in [1.29, 1.82) is 0 Å². The molecular formula is C23H28Cl2N2O2S. The van der Waals surface area contributed by atoms with E-state index in [4.69, 9.17) is 23.2 Å². The molecule has 0 saturated heterocycles. The lowest BCUT2D eigenvalue weighted by molar-refractivity contribution is -0.138. The van der Waals surface area contributed by atoms with Gasteiger partial charge in [-0.25, -0.2) is 0 Å². The number of carbonyl (C=O) groups is 2. The third kappa shape index (κ3) is 7.53. The van der Waals surface area contributed by atoms with Gasteiger partial charge in [0.2, 0.25) is 11.8 Å². The molecule has 2 amide bonds. The Morgan fingerprint density at radius 3 is 2.37 bits per heavy atom. The van der Waals surface area contributed by atoms with Crippen LogP contribution in [0.15, 0.2) is 48.5 Å². The molecule has 0 fully saturated rings. The van der Waals surface area contributed by atoms with Gasteiger partial charge in [0.05, 0.1) is 15.8 Å². The third-order valence-corrected chi connectivity index (χ3v) is 6.57. The van der Waals surface area contributed by atoms with Crippen LogP contribution in [0, 0.1) is 0 Å². The number of carbonyl (C=O) groups excluding carboxylic acids is 2. The van der Waals surface area contributed by atoms with E-state index in [2.05, 4.69) is 5.32 Å². The molecule has 1 N–H and O–H groups in total. The lowest BCUT2D eigenvalue weighted by atomic mass is 10.1. The summed E-state index contributed by atoms with van der Waals surface area (Å²) in [5, 5.41) is 3.85. The van der Waals surface area contributed by atoms with Crippen molar-refractivity contribution >= 4 is 46.8 Å². The number of nitrogens with one attached hydrogen (secondary N) is 1. The first kappa shape index (κ1) is 24.6. The van der Waals surface area contributed by atoms with Crippen LogP contribution in [-0.2, 0) is 21.9 Å². The van der Waals surface area contributed by atoms with Gasteiger partial charge in [0.15, 0.2) is 0 Å². The van der Waals surface area contributed by atoms with Crippen molar-refractivity contribution in [1.82, 2.24) is 10.2 Å². The third-order valence-electron chi connectivity index (χ3n) is 4.84. The molecular weight excluding hydrogens is 439 g/mol. The second kappa shape index (κ2) is 12.2. The molecule has 30 heavy (non-hydrogen) atoms. The molecule has 0 heterocycles. The van der Waals surface area contributed by atoms with Gasteiger partial charge in [-0.1, -0.05) is 66.5 Å². The normalized spacial score (nSPS) is 12.8. The average Bonchev–Trinajstić information content (AvgIpc) is 2.74. The zero-order valence-corrected chi connectivity index (χ0v) is 19.9. The van der Waals surface area contributed by atoms with Crippen LogP contribution < -0.4 is 5.32 Å². The Labute approximate surface area is 193 Å². The summed E-state index contributed by atoms with van der Waals surface area (Å²) in [6, 6.07) is 14.7. The molecule has 2 rings (SSSR count). The van der Waals surface area contributed by atoms with Gasteiger partial charge in [0, 0.05) is 18.3 Å². The largest absolute Gasteiger partial charge is 0.352 e. The van der Waals surface area contributed by atoms with E-state index in [1.807, 2.05) is 50.2 Å². The molecule has 7 heteroatoms. The monoisotopic (exact) mass is 466 g/mol. The highest BCUT2D eigenvalue weighted by molar-refractivity contribution is 7.99. The lowest BCUT2D eigenvalue weighted by Gasteiger charge is -2.29. The Kier molecular flexibility index (Phi) is 10.0. The fourth-order valence-electron chi connectivity index (χ4n) is 2.80. The molecule has 0 saturated carbocycles. The lowest BCUT2D eigenvalue weighted by Crippen LogP contribution is -2.50. The Hall–Kier alpha value is -1.69. The molecule has 0 spiro atoms. The number of amides is 2. The molecule has 4 nitrogen and oxygen atoms in total. The summed E-state index contributed by atoms with van der Waals surface area (Å²) >= 11 is 13.7. The summed E-state index contributed by atoms with van der Waals surface area (Å²) in [5.41, 5.74) is 1.99. The number of rotatable bonds is 10. The minimum Gasteiger partial charge on any atom is -0.352 e. The summed E-state index contributed by atoms with van der Waals surface area (Å²) in [4.78, 5) is 27.4. The highest BCUT2D eigenvalue weighted by atomic mass is 35.5. The first-order valence-electron chi connectivity index (χ1n) is 9.97. The zero-order valence-electron chi connectivity index (χ0n) is 17.5. The first-order chi connectivity index (χ1) is 14.3. The smallest absolute Gasteiger partial charge is 0.242 e. The van der Waals surface area contributed by atoms with Crippen LogP contribution >= 0.6 is 35.0 Å². The number of nitrogens with zero attached hydrogens (tertiary/aromatic N) is 1. The summed E-state index contributed by atoms with van der Waals surface area (Å²) in [6.45, 7) is 6.01. The average molecular weight is 467 g/mol. The molecule has 0 unspecified atom stereocenters.